The van der Waals surface area contributed by atoms with Crippen LogP contribution in [0.2, 0.25) is 0 Å². The van der Waals surface area contributed by atoms with E-state index >= 15 is 0 Å². The van der Waals surface area contributed by atoms with E-state index < -0.39 is 9.84 Å². The minimum absolute atomic E-state index is 0.0542. The van der Waals surface area contributed by atoms with Crippen molar-refractivity contribution in [3.8, 4) is 0 Å². The van der Waals surface area contributed by atoms with Crippen molar-refractivity contribution in [3.05, 3.63) is 17.5 Å². The molecule has 25 heavy (non-hydrogen) atoms. The molecule has 2 saturated heterocycles. The van der Waals surface area contributed by atoms with Crippen molar-refractivity contribution in [1.29, 1.82) is 0 Å². The van der Waals surface area contributed by atoms with Crippen LogP contribution in [0.5, 0.6) is 0 Å². The van der Waals surface area contributed by atoms with Gasteiger partial charge < -0.3 is 9.80 Å². The molecule has 1 aromatic rings. The highest BCUT2D eigenvalue weighted by molar-refractivity contribution is 7.91. The minimum atomic E-state index is -2.88. The maximum atomic E-state index is 12.8. The van der Waals surface area contributed by atoms with Crippen molar-refractivity contribution in [2.45, 2.75) is 19.4 Å². The predicted octanol–water partition coefficient (Wildman–Crippen LogP) is -0.204. The highest BCUT2D eigenvalue weighted by Crippen LogP contribution is 2.20. The second-order valence-electron chi connectivity index (χ2n) is 6.95. The van der Waals surface area contributed by atoms with E-state index in [0.717, 1.165) is 0 Å². The zero-order valence-corrected chi connectivity index (χ0v) is 15.8. The van der Waals surface area contributed by atoms with Crippen LogP contribution in [0.25, 0.3) is 0 Å². The molecule has 3 rings (SSSR count). The summed E-state index contributed by atoms with van der Waals surface area (Å²) in [5, 5.41) is 0. The molecule has 8 nitrogen and oxygen atoms in total. The number of sulfone groups is 1. The molecule has 2 fully saturated rings. The average molecular weight is 367 g/mol. The number of aromatic nitrogens is 2. The van der Waals surface area contributed by atoms with Gasteiger partial charge in [0.25, 0.3) is 5.91 Å². The lowest BCUT2D eigenvalue weighted by atomic mass is 10.1. The lowest BCUT2D eigenvalue weighted by Gasteiger charge is -2.37. The normalized spacial score (nSPS) is 23.6. The summed E-state index contributed by atoms with van der Waals surface area (Å²) in [4.78, 5) is 27.2. The Morgan fingerprint density at radius 2 is 1.92 bits per heavy atom. The number of carbonyl (C=O) groups excluding carboxylic acids is 1. The lowest BCUT2D eigenvalue weighted by Crippen LogP contribution is -2.52. The fourth-order valence-corrected chi connectivity index (χ4v) is 5.17. The van der Waals surface area contributed by atoms with Gasteiger partial charge in [-0.05, 0) is 13.3 Å². The van der Waals surface area contributed by atoms with Gasteiger partial charge in [-0.25, -0.2) is 18.4 Å². The first-order valence-electron chi connectivity index (χ1n) is 8.51. The maximum absolute atomic E-state index is 12.8. The van der Waals surface area contributed by atoms with E-state index in [4.69, 9.17) is 0 Å². The van der Waals surface area contributed by atoms with E-state index in [2.05, 4.69) is 14.9 Å². The van der Waals surface area contributed by atoms with E-state index in [1.54, 1.807) is 16.0 Å². The van der Waals surface area contributed by atoms with Crippen LogP contribution < -0.4 is 4.90 Å². The molecule has 1 aromatic heterocycles. The van der Waals surface area contributed by atoms with Crippen LogP contribution in [-0.2, 0) is 9.84 Å². The Balaban J connectivity index is 1.62. The number of hydrogen-bond donors (Lipinski definition) is 0. The van der Waals surface area contributed by atoms with E-state index in [1.807, 2.05) is 21.0 Å². The number of piperazine rings is 1. The van der Waals surface area contributed by atoms with Gasteiger partial charge in [0.1, 0.15) is 0 Å². The Kier molecular flexibility index (Phi) is 4.97. The van der Waals surface area contributed by atoms with Crippen LogP contribution in [0.3, 0.4) is 0 Å². The number of hydrogen-bond acceptors (Lipinski definition) is 7. The van der Waals surface area contributed by atoms with Crippen molar-refractivity contribution in [1.82, 2.24) is 19.8 Å². The summed E-state index contributed by atoms with van der Waals surface area (Å²) in [7, 11) is 0.843. The average Bonchev–Trinajstić information content (AvgIpc) is 2.94. The van der Waals surface area contributed by atoms with Crippen molar-refractivity contribution in [2.75, 3.05) is 56.7 Å². The van der Waals surface area contributed by atoms with Crippen molar-refractivity contribution < 1.29 is 13.2 Å². The van der Waals surface area contributed by atoms with Crippen molar-refractivity contribution in [2.24, 2.45) is 0 Å². The molecule has 1 amide bonds. The molecule has 0 radical (unpaired) electrons. The zero-order valence-electron chi connectivity index (χ0n) is 15.0. The van der Waals surface area contributed by atoms with Crippen LogP contribution in [0.4, 0.5) is 5.95 Å². The summed E-state index contributed by atoms with van der Waals surface area (Å²) in [6.45, 7) is 4.44. The zero-order chi connectivity index (χ0) is 18.2. The summed E-state index contributed by atoms with van der Waals surface area (Å²) in [5.74, 6) is 1.06. The number of aryl methyl sites for hydroxylation is 1. The second kappa shape index (κ2) is 6.87. The van der Waals surface area contributed by atoms with Crippen LogP contribution >= 0.6 is 0 Å². The molecule has 0 aliphatic carbocycles. The van der Waals surface area contributed by atoms with Gasteiger partial charge in [0.2, 0.25) is 5.95 Å². The van der Waals surface area contributed by atoms with Gasteiger partial charge in [-0.3, -0.25) is 9.69 Å². The van der Waals surface area contributed by atoms with Crippen molar-refractivity contribution >= 4 is 21.7 Å². The highest BCUT2D eigenvalue weighted by atomic mass is 32.2. The Morgan fingerprint density at radius 3 is 2.44 bits per heavy atom. The number of anilines is 1. The van der Waals surface area contributed by atoms with Crippen LogP contribution in [0.1, 0.15) is 22.5 Å². The summed E-state index contributed by atoms with van der Waals surface area (Å²) < 4.78 is 23.3. The lowest BCUT2D eigenvalue weighted by molar-refractivity contribution is 0.0586. The first kappa shape index (κ1) is 18.1. The molecule has 0 saturated carbocycles. The fraction of sp³-hybridized carbons (Fsp3) is 0.688. The van der Waals surface area contributed by atoms with Gasteiger partial charge in [0.05, 0.1) is 22.8 Å². The van der Waals surface area contributed by atoms with E-state index in [0.29, 0.717) is 49.8 Å². The quantitative estimate of drug-likeness (QED) is 0.731. The highest BCUT2D eigenvalue weighted by Gasteiger charge is 2.34. The molecule has 3 heterocycles. The van der Waals surface area contributed by atoms with Crippen LogP contribution in [0, 0.1) is 6.92 Å². The number of amides is 1. The third-order valence-electron chi connectivity index (χ3n) is 4.92. The maximum Gasteiger partial charge on any atom is 0.257 e. The fourth-order valence-electron chi connectivity index (χ4n) is 3.40. The van der Waals surface area contributed by atoms with Crippen LogP contribution in [0.15, 0.2) is 6.20 Å². The summed E-state index contributed by atoms with van der Waals surface area (Å²) in [6.07, 6.45) is 2.30. The Hall–Kier alpha value is -1.74. The summed E-state index contributed by atoms with van der Waals surface area (Å²) in [6, 6.07) is 0.103. The van der Waals surface area contributed by atoms with Gasteiger partial charge in [-0.15, -0.1) is 0 Å². The molecular formula is C16H25N5O3S. The topological polar surface area (TPSA) is 86.7 Å². The number of rotatable bonds is 3. The molecule has 9 heteroatoms. The third kappa shape index (κ3) is 3.92. The molecule has 2 aliphatic heterocycles. The Labute approximate surface area is 148 Å². The minimum Gasteiger partial charge on any atom is -0.347 e. The Bertz CT molecular complexity index is 757. The molecule has 1 atom stereocenters. The summed E-state index contributed by atoms with van der Waals surface area (Å²) in [5.41, 5.74) is 1.20. The Morgan fingerprint density at radius 1 is 1.24 bits per heavy atom. The molecule has 0 N–H and O–H groups in total. The van der Waals surface area contributed by atoms with Gasteiger partial charge in [-0.1, -0.05) is 0 Å². The smallest absolute Gasteiger partial charge is 0.257 e. The van der Waals surface area contributed by atoms with E-state index in [1.165, 1.54) is 0 Å². The van der Waals surface area contributed by atoms with Gasteiger partial charge >= 0.3 is 0 Å². The third-order valence-corrected chi connectivity index (χ3v) is 6.67. The van der Waals surface area contributed by atoms with Gasteiger partial charge in [-0.2, -0.15) is 0 Å². The first-order valence-corrected chi connectivity index (χ1v) is 10.3. The molecule has 0 bridgehead atoms. The largest absolute Gasteiger partial charge is 0.347 e. The SMILES string of the molecule is Cc1nc(N(C)C)ncc1C(=O)N1CCN(C2CCS(=O)(=O)C2)CC1. The monoisotopic (exact) mass is 367 g/mol. The predicted molar refractivity (Wildman–Crippen MR) is 95.6 cm³/mol. The van der Waals surface area contributed by atoms with Crippen molar-refractivity contribution in [3.63, 3.8) is 0 Å². The standard InChI is InChI=1S/C16H25N5O3S/c1-12-14(10-17-16(18-12)19(2)3)15(22)21-7-5-20(6-8-21)13-4-9-25(23,24)11-13/h10,13H,4-9,11H2,1-3H3. The molecule has 0 aromatic carbocycles. The molecule has 2 aliphatic rings. The van der Waals surface area contributed by atoms with Gasteiger partial charge in [0, 0.05) is 52.5 Å². The first-order chi connectivity index (χ1) is 11.8. The van der Waals surface area contributed by atoms with E-state index in [9.17, 15) is 13.2 Å². The molecule has 0 spiro atoms. The molecule has 1 unspecified atom stereocenters. The molecule has 138 valence electrons. The van der Waals surface area contributed by atoms with E-state index in [-0.39, 0.29) is 23.5 Å². The second-order valence-corrected chi connectivity index (χ2v) is 9.18. The molecular weight excluding hydrogens is 342 g/mol. The van der Waals surface area contributed by atoms with Crippen LogP contribution in [-0.4, -0.2) is 91.9 Å². The summed E-state index contributed by atoms with van der Waals surface area (Å²) >= 11 is 0. The van der Waals surface area contributed by atoms with Gasteiger partial charge in [0.15, 0.2) is 9.84 Å². The number of carbonyl (C=O) groups is 1. The number of nitrogens with zero attached hydrogens (tertiary/aromatic N) is 5.